The Labute approximate surface area is 100 Å². The molecule has 0 bridgehead atoms. The maximum Gasteiger partial charge on any atom is 0.235 e. The number of isocyanates is 1. The Balaban J connectivity index is 3.31. The maximum absolute atomic E-state index is 10.2. The molecule has 5 heteroatoms. The number of nitrogens with zero attached hydrogens (tertiary/aromatic N) is 1. The van der Waals surface area contributed by atoms with Crippen LogP contribution in [0.3, 0.4) is 0 Å². The Hall–Kier alpha value is -2.00. The van der Waals surface area contributed by atoms with E-state index < -0.39 is 0 Å². The molecule has 0 aromatic heterocycles. The first kappa shape index (κ1) is 13.1. The quantitative estimate of drug-likeness (QED) is 0.581. The van der Waals surface area contributed by atoms with Crippen LogP contribution in [-0.4, -0.2) is 27.4 Å². The predicted molar refractivity (Wildman–Crippen MR) is 62.6 cm³/mol. The van der Waals surface area contributed by atoms with E-state index in [-0.39, 0.29) is 6.04 Å². The Morgan fingerprint density at radius 2 is 1.65 bits per heavy atom. The molecule has 1 rings (SSSR count). The first-order valence-electron chi connectivity index (χ1n) is 5.04. The van der Waals surface area contributed by atoms with Gasteiger partial charge in [-0.3, -0.25) is 0 Å². The van der Waals surface area contributed by atoms with Crippen LogP contribution in [0, 0.1) is 0 Å². The predicted octanol–water partition coefficient (Wildman–Crippen LogP) is 2.11. The zero-order valence-electron chi connectivity index (χ0n) is 10.3. The van der Waals surface area contributed by atoms with Gasteiger partial charge in [0.2, 0.25) is 11.8 Å². The Morgan fingerprint density at radius 3 is 2.00 bits per heavy atom. The second kappa shape index (κ2) is 5.92. The number of ether oxygens (including phenoxy) is 3. The molecule has 1 atom stereocenters. The van der Waals surface area contributed by atoms with Crippen molar-refractivity contribution in [2.24, 2.45) is 4.99 Å². The van der Waals surface area contributed by atoms with Crippen molar-refractivity contribution in [1.29, 1.82) is 0 Å². The van der Waals surface area contributed by atoms with Crippen LogP contribution in [-0.2, 0) is 4.79 Å². The third-order valence-corrected chi connectivity index (χ3v) is 2.42. The zero-order valence-corrected chi connectivity index (χ0v) is 10.3. The van der Waals surface area contributed by atoms with Gasteiger partial charge < -0.3 is 14.2 Å². The minimum Gasteiger partial charge on any atom is -0.493 e. The average Bonchev–Trinajstić information content (AvgIpc) is 2.37. The third kappa shape index (κ3) is 2.77. The van der Waals surface area contributed by atoms with Gasteiger partial charge in [0.15, 0.2) is 11.5 Å². The normalized spacial score (nSPS) is 11.3. The van der Waals surface area contributed by atoms with Gasteiger partial charge in [0, 0.05) is 0 Å². The van der Waals surface area contributed by atoms with Crippen molar-refractivity contribution in [2.75, 3.05) is 21.3 Å². The van der Waals surface area contributed by atoms with Gasteiger partial charge in [0.05, 0.1) is 27.4 Å². The van der Waals surface area contributed by atoms with E-state index in [1.165, 1.54) is 27.4 Å². The summed E-state index contributed by atoms with van der Waals surface area (Å²) in [5, 5.41) is 0. The monoisotopic (exact) mass is 237 g/mol. The van der Waals surface area contributed by atoms with E-state index in [9.17, 15) is 4.79 Å². The lowest BCUT2D eigenvalue weighted by atomic mass is 10.1. The van der Waals surface area contributed by atoms with Gasteiger partial charge in [0.25, 0.3) is 0 Å². The Morgan fingerprint density at radius 1 is 1.12 bits per heavy atom. The highest BCUT2D eigenvalue weighted by atomic mass is 16.5. The van der Waals surface area contributed by atoms with Gasteiger partial charge in [-0.2, -0.15) is 4.99 Å². The van der Waals surface area contributed by atoms with E-state index in [2.05, 4.69) is 4.99 Å². The highest BCUT2D eigenvalue weighted by Gasteiger charge is 2.15. The Bertz CT molecular complexity index is 413. The molecule has 0 heterocycles. The first-order valence-corrected chi connectivity index (χ1v) is 5.04. The summed E-state index contributed by atoms with van der Waals surface area (Å²) in [6.07, 6.45) is 1.53. The second-order valence-corrected chi connectivity index (χ2v) is 3.36. The largest absolute Gasteiger partial charge is 0.493 e. The van der Waals surface area contributed by atoms with Gasteiger partial charge in [-0.05, 0) is 24.6 Å². The molecule has 0 aliphatic rings. The second-order valence-electron chi connectivity index (χ2n) is 3.36. The standard InChI is InChI=1S/C12H15NO4/c1-8(13-7-14)9-5-10(15-2)12(17-4)11(6-9)16-3/h5-6,8H,1-4H3. The highest BCUT2D eigenvalue weighted by molar-refractivity contribution is 5.54. The van der Waals surface area contributed by atoms with E-state index >= 15 is 0 Å². The topological polar surface area (TPSA) is 57.1 Å². The minimum atomic E-state index is -0.304. The number of methoxy groups -OCH3 is 3. The van der Waals surface area contributed by atoms with E-state index in [0.29, 0.717) is 17.2 Å². The summed E-state index contributed by atoms with van der Waals surface area (Å²) >= 11 is 0. The molecule has 0 aliphatic heterocycles. The van der Waals surface area contributed by atoms with Crippen molar-refractivity contribution < 1.29 is 19.0 Å². The molecule has 1 unspecified atom stereocenters. The van der Waals surface area contributed by atoms with Crippen molar-refractivity contribution in [3.8, 4) is 17.2 Å². The molecule has 1 aromatic rings. The molecule has 0 aliphatic carbocycles. The molecule has 1 aromatic carbocycles. The number of carbonyl (C=O) groups excluding carboxylic acids is 1. The summed E-state index contributed by atoms with van der Waals surface area (Å²) in [4.78, 5) is 13.9. The van der Waals surface area contributed by atoms with E-state index in [4.69, 9.17) is 14.2 Å². The molecule has 92 valence electrons. The van der Waals surface area contributed by atoms with Crippen LogP contribution in [0.4, 0.5) is 0 Å². The number of benzene rings is 1. The van der Waals surface area contributed by atoms with Gasteiger partial charge in [-0.25, -0.2) is 4.79 Å². The van der Waals surface area contributed by atoms with Crippen molar-refractivity contribution in [3.05, 3.63) is 17.7 Å². The molecule has 0 saturated carbocycles. The molecule has 0 amide bonds. The summed E-state index contributed by atoms with van der Waals surface area (Å²) in [7, 11) is 4.61. The number of aliphatic imine (C=N–C) groups is 1. The Kier molecular flexibility index (Phi) is 4.55. The fourth-order valence-corrected chi connectivity index (χ4v) is 1.50. The smallest absolute Gasteiger partial charge is 0.235 e. The molecule has 0 saturated heterocycles. The van der Waals surface area contributed by atoms with Crippen molar-refractivity contribution in [1.82, 2.24) is 0 Å². The van der Waals surface area contributed by atoms with E-state index in [1.54, 1.807) is 19.1 Å². The van der Waals surface area contributed by atoms with Gasteiger partial charge in [0.1, 0.15) is 0 Å². The number of hydrogen-bond acceptors (Lipinski definition) is 5. The fraction of sp³-hybridized carbons (Fsp3) is 0.417. The molecular weight excluding hydrogens is 222 g/mol. The lowest BCUT2D eigenvalue weighted by Crippen LogP contribution is -1.98. The van der Waals surface area contributed by atoms with Gasteiger partial charge >= 0.3 is 0 Å². The highest BCUT2D eigenvalue weighted by Crippen LogP contribution is 2.40. The van der Waals surface area contributed by atoms with Gasteiger partial charge in [-0.15, -0.1) is 0 Å². The first-order chi connectivity index (χ1) is 8.17. The van der Waals surface area contributed by atoms with Gasteiger partial charge in [-0.1, -0.05) is 0 Å². The summed E-state index contributed by atoms with van der Waals surface area (Å²) in [6.45, 7) is 1.78. The molecule has 17 heavy (non-hydrogen) atoms. The van der Waals surface area contributed by atoms with Crippen molar-refractivity contribution in [3.63, 3.8) is 0 Å². The summed E-state index contributed by atoms with van der Waals surface area (Å²) in [5.41, 5.74) is 0.794. The van der Waals surface area contributed by atoms with Crippen LogP contribution < -0.4 is 14.2 Å². The molecule has 0 spiro atoms. The lowest BCUT2D eigenvalue weighted by molar-refractivity contribution is 0.323. The zero-order chi connectivity index (χ0) is 12.8. The molecule has 0 radical (unpaired) electrons. The van der Waals surface area contributed by atoms with Crippen LogP contribution in [0.5, 0.6) is 17.2 Å². The van der Waals surface area contributed by atoms with Crippen LogP contribution in [0.2, 0.25) is 0 Å². The lowest BCUT2D eigenvalue weighted by Gasteiger charge is -2.15. The number of rotatable bonds is 5. The molecule has 0 N–H and O–H groups in total. The number of hydrogen-bond donors (Lipinski definition) is 0. The summed E-state index contributed by atoms with van der Waals surface area (Å²) in [6, 6.07) is 3.21. The molecular formula is C12H15NO4. The molecule has 0 fully saturated rings. The summed E-state index contributed by atoms with van der Waals surface area (Å²) in [5.74, 6) is 1.59. The minimum absolute atomic E-state index is 0.304. The van der Waals surface area contributed by atoms with E-state index in [1.807, 2.05) is 0 Å². The average molecular weight is 237 g/mol. The van der Waals surface area contributed by atoms with Crippen molar-refractivity contribution >= 4 is 6.08 Å². The van der Waals surface area contributed by atoms with Crippen LogP contribution in [0.25, 0.3) is 0 Å². The third-order valence-electron chi connectivity index (χ3n) is 2.42. The SMILES string of the molecule is COc1cc(C(C)N=C=O)cc(OC)c1OC. The summed E-state index contributed by atoms with van der Waals surface area (Å²) < 4.78 is 15.6. The van der Waals surface area contributed by atoms with Crippen LogP contribution in [0.15, 0.2) is 17.1 Å². The maximum atomic E-state index is 10.2. The fourth-order valence-electron chi connectivity index (χ4n) is 1.50. The molecule has 5 nitrogen and oxygen atoms in total. The van der Waals surface area contributed by atoms with E-state index in [0.717, 1.165) is 5.56 Å². The van der Waals surface area contributed by atoms with Crippen molar-refractivity contribution in [2.45, 2.75) is 13.0 Å². The van der Waals surface area contributed by atoms with Crippen LogP contribution >= 0.6 is 0 Å². The van der Waals surface area contributed by atoms with Crippen LogP contribution in [0.1, 0.15) is 18.5 Å².